The molecule has 4 aromatic rings. The third-order valence-corrected chi connectivity index (χ3v) is 5.74. The lowest BCUT2D eigenvalue weighted by Gasteiger charge is -2.15. The molecule has 32 heavy (non-hydrogen) atoms. The van der Waals surface area contributed by atoms with E-state index in [9.17, 15) is 13.6 Å². The molecule has 1 heterocycles. The molecule has 4 rings (SSSR count). The highest BCUT2D eigenvalue weighted by Gasteiger charge is 2.19. The van der Waals surface area contributed by atoms with Crippen LogP contribution in [-0.2, 0) is 4.79 Å². The van der Waals surface area contributed by atoms with Crippen LogP contribution in [0.15, 0.2) is 84.0 Å². The molecule has 1 N–H and O–H groups in total. The Morgan fingerprint density at radius 1 is 1.00 bits per heavy atom. The first-order chi connectivity index (χ1) is 15.5. The Bertz CT molecular complexity index is 1220. The van der Waals surface area contributed by atoms with Gasteiger partial charge in [0.2, 0.25) is 5.91 Å². The fraction of sp³-hybridized carbons (Fsp3) is 0.125. The Kier molecular flexibility index (Phi) is 6.61. The summed E-state index contributed by atoms with van der Waals surface area (Å²) in [5.41, 5.74) is 1.87. The Labute approximate surface area is 188 Å². The second-order valence-electron chi connectivity index (χ2n) is 7.09. The summed E-state index contributed by atoms with van der Waals surface area (Å²) in [4.78, 5) is 12.5. The standard InChI is InChI=1S/C24H20F2N4OS/c1-16(20-14-18(25)12-13-21(20)26)27-22(31)15-32-24-29-28-23(17-8-4-2-5-9-17)30(24)19-10-6-3-7-11-19/h2-14,16H,15H2,1H3,(H,27,31). The van der Waals surface area contributed by atoms with Crippen LogP contribution in [0.2, 0.25) is 0 Å². The van der Waals surface area contributed by atoms with Gasteiger partial charge < -0.3 is 5.32 Å². The fourth-order valence-corrected chi connectivity index (χ4v) is 4.05. The zero-order valence-electron chi connectivity index (χ0n) is 17.2. The molecule has 0 bridgehead atoms. The predicted octanol–water partition coefficient (Wildman–Crippen LogP) is 5.18. The second-order valence-corrected chi connectivity index (χ2v) is 8.03. The van der Waals surface area contributed by atoms with E-state index in [1.54, 1.807) is 6.92 Å². The summed E-state index contributed by atoms with van der Waals surface area (Å²) in [5, 5.41) is 11.9. The molecule has 0 fully saturated rings. The third kappa shape index (κ3) is 4.86. The van der Waals surface area contributed by atoms with Gasteiger partial charge in [-0.3, -0.25) is 9.36 Å². The van der Waals surface area contributed by atoms with Gasteiger partial charge in [-0.1, -0.05) is 60.3 Å². The van der Waals surface area contributed by atoms with Crippen LogP contribution in [0.5, 0.6) is 0 Å². The van der Waals surface area contributed by atoms with Crippen molar-refractivity contribution in [1.29, 1.82) is 0 Å². The minimum absolute atomic E-state index is 0.0427. The molecule has 0 aliphatic rings. The number of hydrogen-bond acceptors (Lipinski definition) is 4. The van der Waals surface area contributed by atoms with Crippen molar-refractivity contribution < 1.29 is 13.6 Å². The van der Waals surface area contributed by atoms with Crippen molar-refractivity contribution in [3.63, 3.8) is 0 Å². The smallest absolute Gasteiger partial charge is 0.230 e. The molecule has 162 valence electrons. The molecular formula is C24H20F2N4OS. The summed E-state index contributed by atoms with van der Waals surface area (Å²) in [6.45, 7) is 1.61. The van der Waals surface area contributed by atoms with Gasteiger partial charge in [-0.2, -0.15) is 0 Å². The average molecular weight is 451 g/mol. The number of nitrogens with zero attached hydrogens (tertiary/aromatic N) is 3. The van der Waals surface area contributed by atoms with Crippen LogP contribution >= 0.6 is 11.8 Å². The van der Waals surface area contributed by atoms with Crippen LogP contribution < -0.4 is 5.32 Å². The molecule has 0 radical (unpaired) electrons. The predicted molar refractivity (Wildman–Crippen MR) is 120 cm³/mol. The lowest BCUT2D eigenvalue weighted by atomic mass is 10.1. The number of hydrogen-bond donors (Lipinski definition) is 1. The van der Waals surface area contributed by atoms with Gasteiger partial charge in [-0.25, -0.2) is 8.78 Å². The molecule has 1 atom stereocenters. The van der Waals surface area contributed by atoms with E-state index in [0.29, 0.717) is 11.0 Å². The van der Waals surface area contributed by atoms with E-state index in [1.807, 2.05) is 65.2 Å². The van der Waals surface area contributed by atoms with E-state index in [2.05, 4.69) is 15.5 Å². The number of rotatable bonds is 7. The SMILES string of the molecule is CC(NC(=O)CSc1nnc(-c2ccccc2)n1-c1ccccc1)c1cc(F)ccc1F. The zero-order chi connectivity index (χ0) is 22.5. The summed E-state index contributed by atoms with van der Waals surface area (Å²) in [5.74, 6) is -0.740. The monoisotopic (exact) mass is 450 g/mol. The number of aromatic nitrogens is 3. The van der Waals surface area contributed by atoms with Gasteiger partial charge in [0.15, 0.2) is 11.0 Å². The maximum Gasteiger partial charge on any atom is 0.230 e. The summed E-state index contributed by atoms with van der Waals surface area (Å²) in [7, 11) is 0. The Balaban J connectivity index is 1.53. The highest BCUT2D eigenvalue weighted by Crippen LogP contribution is 2.28. The number of nitrogens with one attached hydrogen (secondary N) is 1. The molecular weight excluding hydrogens is 430 g/mol. The van der Waals surface area contributed by atoms with Gasteiger partial charge in [-0.15, -0.1) is 10.2 Å². The van der Waals surface area contributed by atoms with Crippen molar-refractivity contribution in [2.24, 2.45) is 0 Å². The number of para-hydroxylation sites is 1. The number of carbonyl (C=O) groups is 1. The third-order valence-electron chi connectivity index (χ3n) is 4.81. The first-order valence-electron chi connectivity index (χ1n) is 9.96. The second kappa shape index (κ2) is 9.74. The van der Waals surface area contributed by atoms with Gasteiger partial charge in [-0.05, 0) is 37.3 Å². The summed E-state index contributed by atoms with van der Waals surface area (Å²) in [6.07, 6.45) is 0. The van der Waals surface area contributed by atoms with Crippen molar-refractivity contribution in [2.45, 2.75) is 18.1 Å². The number of amides is 1. The first-order valence-corrected chi connectivity index (χ1v) is 10.9. The molecule has 1 amide bonds. The van der Waals surface area contributed by atoms with Crippen LogP contribution in [0.3, 0.4) is 0 Å². The molecule has 3 aromatic carbocycles. The van der Waals surface area contributed by atoms with Crippen LogP contribution in [-0.4, -0.2) is 26.4 Å². The number of carbonyl (C=O) groups excluding carboxylic acids is 1. The molecule has 0 saturated heterocycles. The van der Waals surface area contributed by atoms with E-state index in [1.165, 1.54) is 11.8 Å². The molecule has 8 heteroatoms. The van der Waals surface area contributed by atoms with Gasteiger partial charge in [0.05, 0.1) is 11.8 Å². The van der Waals surface area contributed by atoms with E-state index < -0.39 is 17.7 Å². The Morgan fingerprint density at radius 2 is 1.69 bits per heavy atom. The van der Waals surface area contributed by atoms with Gasteiger partial charge >= 0.3 is 0 Å². The summed E-state index contributed by atoms with van der Waals surface area (Å²) < 4.78 is 29.3. The molecule has 0 aliphatic carbocycles. The molecule has 5 nitrogen and oxygen atoms in total. The average Bonchev–Trinajstić information content (AvgIpc) is 3.24. The van der Waals surface area contributed by atoms with Crippen molar-refractivity contribution in [1.82, 2.24) is 20.1 Å². The lowest BCUT2D eigenvalue weighted by Crippen LogP contribution is -2.29. The Hall–Kier alpha value is -3.52. The van der Waals surface area contributed by atoms with Gasteiger partial charge in [0.25, 0.3) is 0 Å². The van der Waals surface area contributed by atoms with Gasteiger partial charge in [0, 0.05) is 16.8 Å². The number of thioether (sulfide) groups is 1. The van der Waals surface area contributed by atoms with Crippen molar-refractivity contribution in [2.75, 3.05) is 5.75 Å². The van der Waals surface area contributed by atoms with E-state index >= 15 is 0 Å². The molecule has 0 saturated carbocycles. The molecule has 0 aliphatic heterocycles. The van der Waals surface area contributed by atoms with Crippen molar-refractivity contribution in [3.05, 3.63) is 96.1 Å². The summed E-state index contributed by atoms with van der Waals surface area (Å²) >= 11 is 1.22. The Morgan fingerprint density at radius 3 is 2.41 bits per heavy atom. The maximum atomic E-state index is 14.0. The van der Waals surface area contributed by atoms with E-state index in [0.717, 1.165) is 29.4 Å². The van der Waals surface area contributed by atoms with Crippen molar-refractivity contribution in [3.8, 4) is 17.1 Å². The fourth-order valence-electron chi connectivity index (χ4n) is 3.28. The highest BCUT2D eigenvalue weighted by atomic mass is 32.2. The van der Waals surface area contributed by atoms with Gasteiger partial charge in [0.1, 0.15) is 11.6 Å². The first kappa shape index (κ1) is 21.7. The number of halogens is 2. The minimum Gasteiger partial charge on any atom is -0.349 e. The maximum absolute atomic E-state index is 14.0. The minimum atomic E-state index is -0.675. The van der Waals surface area contributed by atoms with Crippen LogP contribution in [0.4, 0.5) is 8.78 Å². The van der Waals surface area contributed by atoms with E-state index in [4.69, 9.17) is 0 Å². The van der Waals surface area contributed by atoms with Crippen LogP contribution in [0.25, 0.3) is 17.1 Å². The lowest BCUT2D eigenvalue weighted by molar-refractivity contribution is -0.119. The normalized spacial score (nSPS) is 11.8. The largest absolute Gasteiger partial charge is 0.349 e. The quantitative estimate of drug-likeness (QED) is 0.394. The molecule has 1 unspecified atom stereocenters. The zero-order valence-corrected chi connectivity index (χ0v) is 18.0. The van der Waals surface area contributed by atoms with E-state index in [-0.39, 0.29) is 17.2 Å². The van der Waals surface area contributed by atoms with Crippen LogP contribution in [0, 0.1) is 11.6 Å². The summed E-state index contributed by atoms with van der Waals surface area (Å²) in [6, 6.07) is 21.8. The van der Waals surface area contributed by atoms with Crippen molar-refractivity contribution >= 4 is 17.7 Å². The molecule has 1 aromatic heterocycles. The molecule has 0 spiro atoms. The highest BCUT2D eigenvalue weighted by molar-refractivity contribution is 7.99. The van der Waals surface area contributed by atoms with Crippen LogP contribution in [0.1, 0.15) is 18.5 Å². The topological polar surface area (TPSA) is 59.8 Å². The number of benzene rings is 3.